The van der Waals surface area contributed by atoms with Crippen molar-refractivity contribution in [2.24, 2.45) is 0 Å². The molecule has 6 heteroatoms. The maximum atomic E-state index is 11.6. The molecule has 3 rings (SSSR count). The molecule has 1 aliphatic heterocycles. The number of aryl methyl sites for hydroxylation is 1. The molecule has 0 amide bonds. The topological polar surface area (TPSA) is 64.1 Å². The van der Waals surface area contributed by atoms with Crippen LogP contribution in [0.1, 0.15) is 11.1 Å². The maximum absolute atomic E-state index is 11.6. The highest BCUT2D eigenvalue weighted by molar-refractivity contribution is 6.33. The summed E-state index contributed by atoms with van der Waals surface area (Å²) in [4.78, 5) is 12.9. The first-order chi connectivity index (χ1) is 10.1. The molecule has 0 radical (unpaired) electrons. The monoisotopic (exact) mass is 310 g/mol. The number of rotatable bonds is 2. The number of phenolic OH excluding ortho intramolecular Hbond substituents is 1. The van der Waals surface area contributed by atoms with Crippen molar-refractivity contribution in [2.45, 2.75) is 13.5 Å². The van der Waals surface area contributed by atoms with Gasteiger partial charge in [0.05, 0.1) is 23.8 Å². The molecule has 21 heavy (non-hydrogen) atoms. The van der Waals surface area contributed by atoms with Crippen LogP contribution in [0.4, 0.5) is 0 Å². The van der Waals surface area contributed by atoms with Crippen LogP contribution in [0.5, 0.6) is 5.75 Å². The van der Waals surface area contributed by atoms with Gasteiger partial charge in [-0.05, 0) is 18.6 Å². The van der Waals surface area contributed by atoms with Crippen LogP contribution in [0.15, 0.2) is 21.3 Å². The van der Waals surface area contributed by atoms with Gasteiger partial charge in [-0.15, -0.1) is 0 Å². The Morgan fingerprint density at radius 1 is 1.33 bits per heavy atom. The van der Waals surface area contributed by atoms with E-state index in [4.69, 9.17) is 20.8 Å². The Kier molecular flexibility index (Phi) is 3.89. The molecule has 0 atom stereocenters. The summed E-state index contributed by atoms with van der Waals surface area (Å²) in [5, 5.41) is 11.3. The van der Waals surface area contributed by atoms with Crippen molar-refractivity contribution in [3.05, 3.63) is 38.7 Å². The number of fused-ring (bicyclic) bond motifs is 1. The molecule has 2 heterocycles. The molecule has 1 saturated heterocycles. The first-order valence-corrected chi connectivity index (χ1v) is 7.30. The van der Waals surface area contributed by atoms with Crippen LogP contribution < -0.4 is 10.5 Å². The van der Waals surface area contributed by atoms with Gasteiger partial charge >= 0.3 is 5.63 Å². The molecular weight excluding hydrogens is 294 g/mol. The Hall–Kier alpha value is -1.56. The zero-order valence-corrected chi connectivity index (χ0v) is 12.5. The van der Waals surface area contributed by atoms with Gasteiger partial charge in [-0.1, -0.05) is 11.6 Å². The average Bonchev–Trinajstić information content (AvgIpc) is 2.46. The summed E-state index contributed by atoms with van der Waals surface area (Å²) in [5.74, 6) is -0.00286. The summed E-state index contributed by atoms with van der Waals surface area (Å²) in [7, 11) is 0. The Balaban J connectivity index is 2.14. The van der Waals surface area contributed by atoms with Crippen molar-refractivity contribution < 1.29 is 19.2 Å². The van der Waals surface area contributed by atoms with Gasteiger partial charge in [-0.3, -0.25) is 0 Å². The second kappa shape index (κ2) is 5.67. The number of halogens is 1. The molecule has 0 aliphatic carbocycles. The predicted molar refractivity (Wildman–Crippen MR) is 79.1 cm³/mol. The lowest BCUT2D eigenvalue weighted by Gasteiger charge is -2.24. The number of hydrogen-bond donors (Lipinski definition) is 2. The van der Waals surface area contributed by atoms with E-state index in [1.54, 1.807) is 6.07 Å². The third-order valence-corrected chi connectivity index (χ3v) is 4.18. The van der Waals surface area contributed by atoms with Gasteiger partial charge in [-0.25, -0.2) is 4.79 Å². The van der Waals surface area contributed by atoms with Gasteiger partial charge < -0.3 is 19.2 Å². The fourth-order valence-electron chi connectivity index (χ4n) is 2.72. The van der Waals surface area contributed by atoms with Crippen LogP contribution in [-0.4, -0.2) is 31.4 Å². The van der Waals surface area contributed by atoms with E-state index < -0.39 is 5.63 Å². The second-order valence-corrected chi connectivity index (χ2v) is 5.76. The summed E-state index contributed by atoms with van der Waals surface area (Å²) in [6, 6.07) is 3.07. The Labute approximate surface area is 126 Å². The predicted octanol–water partition coefficient (Wildman–Crippen LogP) is 0.876. The Morgan fingerprint density at radius 3 is 2.76 bits per heavy atom. The van der Waals surface area contributed by atoms with E-state index >= 15 is 0 Å². The minimum atomic E-state index is -0.417. The average molecular weight is 311 g/mol. The molecule has 1 aromatic heterocycles. The number of ether oxygens (including phenoxy) is 1. The second-order valence-electron chi connectivity index (χ2n) is 5.35. The fraction of sp³-hybridized carbons (Fsp3) is 0.400. The van der Waals surface area contributed by atoms with E-state index in [9.17, 15) is 9.90 Å². The summed E-state index contributed by atoms with van der Waals surface area (Å²) in [5.41, 5.74) is 1.40. The van der Waals surface area contributed by atoms with Crippen LogP contribution in [0.25, 0.3) is 11.0 Å². The normalized spacial score (nSPS) is 16.5. The van der Waals surface area contributed by atoms with Gasteiger partial charge in [0.25, 0.3) is 0 Å². The summed E-state index contributed by atoms with van der Waals surface area (Å²) in [6.45, 7) is 5.47. The number of phenols is 1. The first kappa shape index (κ1) is 14.4. The molecule has 0 spiro atoms. The highest BCUT2D eigenvalue weighted by Gasteiger charge is 2.22. The number of morpholine rings is 1. The van der Waals surface area contributed by atoms with Gasteiger partial charge in [-0.2, -0.15) is 0 Å². The van der Waals surface area contributed by atoms with Crippen molar-refractivity contribution >= 4 is 22.6 Å². The first-order valence-electron chi connectivity index (χ1n) is 6.92. The molecule has 0 bridgehead atoms. The van der Waals surface area contributed by atoms with Crippen molar-refractivity contribution in [1.82, 2.24) is 0 Å². The molecular formula is C15H17ClNO4+. The fourth-order valence-corrected chi connectivity index (χ4v) is 2.94. The maximum Gasteiger partial charge on any atom is 0.336 e. The largest absolute Gasteiger partial charge is 0.506 e. The van der Waals surface area contributed by atoms with E-state index in [1.807, 2.05) is 6.92 Å². The lowest BCUT2D eigenvalue weighted by Crippen LogP contribution is -3.12. The third kappa shape index (κ3) is 2.77. The highest BCUT2D eigenvalue weighted by Crippen LogP contribution is 2.34. The molecule has 2 N–H and O–H groups in total. The van der Waals surface area contributed by atoms with Crippen LogP contribution in [0.3, 0.4) is 0 Å². The highest BCUT2D eigenvalue weighted by atomic mass is 35.5. The molecule has 1 aromatic carbocycles. The van der Waals surface area contributed by atoms with Crippen molar-refractivity contribution in [1.29, 1.82) is 0 Å². The smallest absolute Gasteiger partial charge is 0.336 e. The number of nitrogens with one attached hydrogen (secondary N) is 1. The minimum Gasteiger partial charge on any atom is -0.506 e. The Morgan fingerprint density at radius 2 is 2.05 bits per heavy atom. The van der Waals surface area contributed by atoms with Crippen LogP contribution >= 0.6 is 11.6 Å². The van der Waals surface area contributed by atoms with Gasteiger partial charge in [0.15, 0.2) is 5.58 Å². The number of hydrogen-bond acceptors (Lipinski definition) is 4. The van der Waals surface area contributed by atoms with Crippen LogP contribution in [-0.2, 0) is 11.3 Å². The number of benzene rings is 1. The molecule has 112 valence electrons. The quantitative estimate of drug-likeness (QED) is 0.808. The van der Waals surface area contributed by atoms with Gasteiger partial charge in [0, 0.05) is 11.5 Å². The lowest BCUT2D eigenvalue weighted by atomic mass is 10.1. The zero-order valence-electron chi connectivity index (χ0n) is 11.7. The molecule has 0 saturated carbocycles. The van der Waals surface area contributed by atoms with Crippen LogP contribution in [0.2, 0.25) is 5.02 Å². The minimum absolute atomic E-state index is 0.00286. The molecule has 0 unspecified atom stereocenters. The molecule has 1 aliphatic rings. The van der Waals surface area contributed by atoms with Crippen molar-refractivity contribution in [2.75, 3.05) is 26.3 Å². The molecule has 5 nitrogen and oxygen atoms in total. The molecule has 2 aromatic rings. The van der Waals surface area contributed by atoms with Crippen molar-refractivity contribution in [3.63, 3.8) is 0 Å². The Bertz CT molecular complexity index is 735. The van der Waals surface area contributed by atoms with Crippen molar-refractivity contribution in [3.8, 4) is 5.75 Å². The third-order valence-electron chi connectivity index (χ3n) is 3.89. The number of quaternary nitrogens is 1. The lowest BCUT2D eigenvalue weighted by molar-refractivity contribution is -0.921. The van der Waals surface area contributed by atoms with E-state index in [0.29, 0.717) is 30.9 Å². The standard InChI is InChI=1S/C15H16ClNO4/c1-9-6-13(18)21-15-10(9)7-12(16)14(19)11(15)8-17-2-4-20-5-3-17/h6-7,19H,2-5,8H2,1H3/p+1. The van der Waals surface area contributed by atoms with Gasteiger partial charge in [0.2, 0.25) is 0 Å². The number of aromatic hydroxyl groups is 1. The summed E-state index contributed by atoms with van der Waals surface area (Å²) >= 11 is 6.12. The van der Waals surface area contributed by atoms with Gasteiger partial charge in [0.1, 0.15) is 25.4 Å². The summed E-state index contributed by atoms with van der Waals surface area (Å²) in [6.07, 6.45) is 0. The van der Waals surface area contributed by atoms with E-state index in [1.165, 1.54) is 11.0 Å². The molecule has 1 fully saturated rings. The van der Waals surface area contributed by atoms with E-state index in [0.717, 1.165) is 24.0 Å². The van der Waals surface area contributed by atoms with E-state index in [2.05, 4.69) is 0 Å². The SMILES string of the molecule is Cc1cc(=O)oc2c(C[NH+]3CCOCC3)c(O)c(Cl)cc12. The summed E-state index contributed by atoms with van der Waals surface area (Å²) < 4.78 is 10.7. The van der Waals surface area contributed by atoms with Crippen LogP contribution in [0, 0.1) is 6.92 Å². The van der Waals surface area contributed by atoms with E-state index in [-0.39, 0.29) is 10.8 Å². The zero-order chi connectivity index (χ0) is 15.0.